The Hall–Kier alpha value is -0.600. The van der Waals surface area contributed by atoms with Crippen molar-refractivity contribution in [2.45, 2.75) is 37.5 Å². The van der Waals surface area contributed by atoms with E-state index in [4.69, 9.17) is 17.3 Å². The summed E-state index contributed by atoms with van der Waals surface area (Å²) in [6.45, 7) is 0.495. The molecule has 2 aliphatic carbocycles. The van der Waals surface area contributed by atoms with Crippen molar-refractivity contribution >= 4 is 11.6 Å². The molecule has 17 heavy (non-hydrogen) atoms. The highest BCUT2D eigenvalue weighted by atomic mass is 35.5. The molecule has 0 radical (unpaired) electrons. The molecule has 3 rings (SSSR count). The van der Waals surface area contributed by atoms with E-state index in [0.717, 1.165) is 12.8 Å². The average Bonchev–Trinajstić information content (AvgIpc) is 2.18. The van der Waals surface area contributed by atoms with E-state index in [1.165, 1.54) is 25.3 Å². The second-order valence-electron chi connectivity index (χ2n) is 5.79. The molecule has 1 nitrogen and oxygen atoms in total. The van der Waals surface area contributed by atoms with E-state index >= 15 is 0 Å². The highest BCUT2D eigenvalue weighted by Gasteiger charge is 2.58. The first-order chi connectivity index (χ1) is 8.11. The van der Waals surface area contributed by atoms with E-state index < -0.39 is 0 Å². The Morgan fingerprint density at radius 1 is 1.29 bits per heavy atom. The second-order valence-corrected chi connectivity index (χ2v) is 6.20. The van der Waals surface area contributed by atoms with Crippen LogP contribution in [0.1, 0.15) is 37.7 Å². The van der Waals surface area contributed by atoms with Gasteiger partial charge in [-0.15, -0.1) is 0 Å². The summed E-state index contributed by atoms with van der Waals surface area (Å²) in [5.41, 5.74) is 6.83. The summed E-state index contributed by atoms with van der Waals surface area (Å²) >= 11 is 6.16. The van der Waals surface area contributed by atoms with Crippen molar-refractivity contribution in [1.82, 2.24) is 0 Å². The Labute approximate surface area is 106 Å². The van der Waals surface area contributed by atoms with E-state index in [0.29, 0.717) is 22.5 Å². The van der Waals surface area contributed by atoms with Crippen LogP contribution in [0.5, 0.6) is 0 Å². The quantitative estimate of drug-likeness (QED) is 0.856. The molecule has 0 aliphatic heterocycles. The number of halogens is 2. The minimum atomic E-state index is -0.206. The van der Waals surface area contributed by atoms with Gasteiger partial charge >= 0.3 is 0 Å². The third-order valence-corrected chi connectivity index (χ3v) is 5.04. The molecule has 3 heteroatoms. The van der Waals surface area contributed by atoms with Crippen LogP contribution >= 0.6 is 11.6 Å². The molecule has 1 aromatic rings. The standard InChI is InChI=1S/C14H17ClFN/c15-10-3-1-4-11(16)12(10)14(9-17)7-13(8-14)5-2-6-13/h1,3-4H,2,5-9,17H2. The smallest absolute Gasteiger partial charge is 0.128 e. The zero-order chi connectivity index (χ0) is 12.1. The van der Waals surface area contributed by atoms with Gasteiger partial charge in [-0.2, -0.15) is 0 Å². The van der Waals surface area contributed by atoms with Crippen LogP contribution in [0.25, 0.3) is 0 Å². The van der Waals surface area contributed by atoms with Crippen LogP contribution < -0.4 is 5.73 Å². The van der Waals surface area contributed by atoms with Crippen LogP contribution in [0, 0.1) is 11.2 Å². The predicted octanol–water partition coefficient (Wildman–Crippen LogP) is 3.64. The van der Waals surface area contributed by atoms with E-state index in [2.05, 4.69) is 0 Å². The molecule has 0 aromatic heterocycles. The molecule has 0 saturated heterocycles. The minimum absolute atomic E-state index is 0.197. The maximum Gasteiger partial charge on any atom is 0.128 e. The Morgan fingerprint density at radius 3 is 2.47 bits per heavy atom. The van der Waals surface area contributed by atoms with Crippen LogP contribution in [0.15, 0.2) is 18.2 Å². The molecular weight excluding hydrogens is 237 g/mol. The van der Waals surface area contributed by atoms with Crippen molar-refractivity contribution in [1.29, 1.82) is 0 Å². The molecule has 92 valence electrons. The normalized spacial score (nSPS) is 24.2. The molecule has 2 saturated carbocycles. The van der Waals surface area contributed by atoms with E-state index in [9.17, 15) is 4.39 Å². The molecule has 2 N–H and O–H groups in total. The number of benzene rings is 1. The van der Waals surface area contributed by atoms with Crippen molar-refractivity contribution in [3.63, 3.8) is 0 Å². The maximum absolute atomic E-state index is 14.0. The molecule has 0 heterocycles. The number of nitrogens with two attached hydrogens (primary N) is 1. The zero-order valence-electron chi connectivity index (χ0n) is 9.81. The first-order valence-electron chi connectivity index (χ1n) is 6.26. The highest BCUT2D eigenvalue weighted by molar-refractivity contribution is 6.31. The summed E-state index contributed by atoms with van der Waals surface area (Å²) in [7, 11) is 0. The van der Waals surface area contributed by atoms with Gasteiger partial charge < -0.3 is 5.73 Å². The Kier molecular flexibility index (Phi) is 2.50. The second kappa shape index (κ2) is 3.69. The zero-order valence-corrected chi connectivity index (χ0v) is 10.6. The summed E-state index contributed by atoms with van der Waals surface area (Å²) in [6, 6.07) is 4.91. The topological polar surface area (TPSA) is 26.0 Å². The van der Waals surface area contributed by atoms with Crippen LogP contribution in [0.3, 0.4) is 0 Å². The highest BCUT2D eigenvalue weighted by Crippen LogP contribution is 2.65. The molecule has 1 aromatic carbocycles. The van der Waals surface area contributed by atoms with Gasteiger partial charge in [-0.1, -0.05) is 24.1 Å². The lowest BCUT2D eigenvalue weighted by molar-refractivity contribution is -0.0460. The van der Waals surface area contributed by atoms with E-state index in [1.54, 1.807) is 12.1 Å². The summed E-state index contributed by atoms with van der Waals surface area (Å²) in [4.78, 5) is 0. The van der Waals surface area contributed by atoms with Gasteiger partial charge in [0, 0.05) is 22.5 Å². The van der Waals surface area contributed by atoms with Crippen LogP contribution in [-0.4, -0.2) is 6.54 Å². The predicted molar refractivity (Wildman–Crippen MR) is 67.7 cm³/mol. The molecule has 1 spiro atoms. The van der Waals surface area contributed by atoms with E-state index in [-0.39, 0.29) is 11.2 Å². The molecule has 0 unspecified atom stereocenters. The minimum Gasteiger partial charge on any atom is -0.330 e. The first kappa shape index (κ1) is 11.5. The van der Waals surface area contributed by atoms with Gasteiger partial charge in [-0.3, -0.25) is 0 Å². The monoisotopic (exact) mass is 253 g/mol. The van der Waals surface area contributed by atoms with Gasteiger partial charge in [0.2, 0.25) is 0 Å². The van der Waals surface area contributed by atoms with E-state index in [1.807, 2.05) is 0 Å². The van der Waals surface area contributed by atoms with Gasteiger partial charge in [0.25, 0.3) is 0 Å². The summed E-state index contributed by atoms with van der Waals surface area (Å²) in [5, 5.41) is 0.532. The molecule has 2 fully saturated rings. The number of hydrogen-bond donors (Lipinski definition) is 1. The van der Waals surface area contributed by atoms with Crippen LogP contribution in [-0.2, 0) is 5.41 Å². The molecule has 0 amide bonds. The SMILES string of the molecule is NCC1(c2c(F)cccc2Cl)CC2(CCC2)C1. The average molecular weight is 254 g/mol. The largest absolute Gasteiger partial charge is 0.330 e. The fourth-order valence-corrected chi connectivity index (χ4v) is 4.21. The van der Waals surface area contributed by atoms with Gasteiger partial charge in [0.1, 0.15) is 5.82 Å². The summed E-state index contributed by atoms with van der Waals surface area (Å²) in [5.74, 6) is -0.197. The third-order valence-electron chi connectivity index (χ3n) is 4.72. The molecular formula is C14H17ClFN. The molecule has 2 aliphatic rings. The molecule has 0 atom stereocenters. The van der Waals surface area contributed by atoms with Crippen LogP contribution in [0.2, 0.25) is 5.02 Å². The van der Waals surface area contributed by atoms with Crippen molar-refractivity contribution in [3.8, 4) is 0 Å². The summed E-state index contributed by atoms with van der Waals surface area (Å²) in [6.07, 6.45) is 5.89. The van der Waals surface area contributed by atoms with Crippen molar-refractivity contribution in [2.24, 2.45) is 11.1 Å². The maximum atomic E-state index is 14.0. The fraction of sp³-hybridized carbons (Fsp3) is 0.571. The Bertz CT molecular complexity index is 425. The summed E-state index contributed by atoms with van der Waals surface area (Å²) < 4.78 is 14.0. The number of rotatable bonds is 2. The van der Waals surface area contributed by atoms with Gasteiger partial charge in [0.15, 0.2) is 0 Å². The lowest BCUT2D eigenvalue weighted by Crippen LogP contribution is -2.57. The Balaban J connectivity index is 1.96. The lowest BCUT2D eigenvalue weighted by atomic mass is 9.43. The van der Waals surface area contributed by atoms with Gasteiger partial charge in [0.05, 0.1) is 0 Å². The number of hydrogen-bond acceptors (Lipinski definition) is 1. The van der Waals surface area contributed by atoms with Gasteiger partial charge in [-0.05, 0) is 43.2 Å². The van der Waals surface area contributed by atoms with Crippen molar-refractivity contribution < 1.29 is 4.39 Å². The van der Waals surface area contributed by atoms with Crippen molar-refractivity contribution in [3.05, 3.63) is 34.6 Å². The fourth-order valence-electron chi connectivity index (χ4n) is 3.84. The van der Waals surface area contributed by atoms with Crippen LogP contribution in [0.4, 0.5) is 4.39 Å². The van der Waals surface area contributed by atoms with Gasteiger partial charge in [-0.25, -0.2) is 4.39 Å². The first-order valence-corrected chi connectivity index (χ1v) is 6.63. The Morgan fingerprint density at radius 2 is 2.00 bits per heavy atom. The molecule has 0 bridgehead atoms. The third kappa shape index (κ3) is 1.54. The van der Waals surface area contributed by atoms with Crippen molar-refractivity contribution in [2.75, 3.05) is 6.54 Å². The lowest BCUT2D eigenvalue weighted by Gasteiger charge is -2.61.